The molecule has 98 valence electrons. The van der Waals surface area contributed by atoms with Crippen molar-refractivity contribution in [3.63, 3.8) is 0 Å². The zero-order valence-electron chi connectivity index (χ0n) is 11.0. The van der Waals surface area contributed by atoms with Gasteiger partial charge in [0.2, 0.25) is 5.78 Å². The highest BCUT2D eigenvalue weighted by atomic mass is 16.5. The maximum absolute atomic E-state index is 12.1. The Hall–Kier alpha value is -2.16. The Kier molecular flexibility index (Phi) is 4.67. The molecule has 0 saturated heterocycles. The van der Waals surface area contributed by atoms with Crippen LogP contribution in [0.2, 0.25) is 0 Å². The van der Waals surface area contributed by atoms with Crippen molar-refractivity contribution in [2.75, 3.05) is 6.61 Å². The zero-order valence-corrected chi connectivity index (χ0v) is 11.0. The van der Waals surface area contributed by atoms with Gasteiger partial charge >= 0.3 is 0 Å². The van der Waals surface area contributed by atoms with Crippen molar-refractivity contribution in [1.82, 2.24) is 4.98 Å². The number of aromatic nitrogens is 1. The molecule has 2 aromatic rings. The standard InChI is InChI=1S/C16H17NO2/c1-2-3-12-19-14-9-7-13(8-10-14)16(18)15-6-4-5-11-17-15/h4-11H,2-3,12H2,1H3. The molecule has 0 N–H and O–H groups in total. The molecule has 0 fully saturated rings. The molecule has 0 atom stereocenters. The van der Waals surface area contributed by atoms with E-state index in [2.05, 4.69) is 11.9 Å². The molecule has 19 heavy (non-hydrogen) atoms. The van der Waals surface area contributed by atoms with E-state index in [0.29, 0.717) is 17.9 Å². The Morgan fingerprint density at radius 3 is 2.58 bits per heavy atom. The minimum atomic E-state index is -0.0688. The number of ether oxygens (including phenoxy) is 1. The lowest BCUT2D eigenvalue weighted by molar-refractivity contribution is 0.103. The number of unbranched alkanes of at least 4 members (excludes halogenated alkanes) is 1. The Bertz CT molecular complexity index is 520. The van der Waals surface area contributed by atoms with Crippen LogP contribution in [0, 0.1) is 0 Å². The van der Waals surface area contributed by atoms with Crippen LogP contribution in [0.25, 0.3) is 0 Å². The molecule has 0 aliphatic carbocycles. The molecule has 1 aromatic heterocycles. The molecule has 0 saturated carbocycles. The molecule has 3 heteroatoms. The van der Waals surface area contributed by atoms with Crippen LogP contribution >= 0.6 is 0 Å². The average Bonchev–Trinajstić information content (AvgIpc) is 2.48. The van der Waals surface area contributed by atoms with E-state index in [0.717, 1.165) is 18.6 Å². The molecule has 1 heterocycles. The van der Waals surface area contributed by atoms with Crippen molar-refractivity contribution in [3.05, 3.63) is 59.9 Å². The maximum atomic E-state index is 12.1. The van der Waals surface area contributed by atoms with Gasteiger partial charge in [0.25, 0.3) is 0 Å². The monoisotopic (exact) mass is 255 g/mol. The Morgan fingerprint density at radius 2 is 1.95 bits per heavy atom. The predicted octanol–water partition coefficient (Wildman–Crippen LogP) is 3.49. The Labute approximate surface area is 113 Å². The van der Waals surface area contributed by atoms with Gasteiger partial charge in [0.15, 0.2) is 0 Å². The summed E-state index contributed by atoms with van der Waals surface area (Å²) >= 11 is 0. The summed E-state index contributed by atoms with van der Waals surface area (Å²) in [5, 5.41) is 0. The number of pyridine rings is 1. The molecule has 1 aromatic carbocycles. The molecule has 0 bridgehead atoms. The molecule has 3 nitrogen and oxygen atoms in total. The molecule has 0 aliphatic heterocycles. The lowest BCUT2D eigenvalue weighted by Crippen LogP contribution is -2.03. The third-order valence-corrected chi connectivity index (χ3v) is 2.78. The fourth-order valence-corrected chi connectivity index (χ4v) is 1.68. The van der Waals surface area contributed by atoms with Crippen LogP contribution in [0.4, 0.5) is 0 Å². The van der Waals surface area contributed by atoms with Gasteiger partial charge in [0.05, 0.1) is 6.61 Å². The second-order valence-corrected chi connectivity index (χ2v) is 4.27. The molecule has 0 unspecified atom stereocenters. The number of benzene rings is 1. The molecule has 0 spiro atoms. The maximum Gasteiger partial charge on any atom is 0.211 e. The third kappa shape index (κ3) is 3.65. The lowest BCUT2D eigenvalue weighted by Gasteiger charge is -2.06. The van der Waals surface area contributed by atoms with Gasteiger partial charge in [-0.05, 0) is 42.8 Å². The van der Waals surface area contributed by atoms with E-state index >= 15 is 0 Å². The largest absolute Gasteiger partial charge is 0.494 e. The van der Waals surface area contributed by atoms with Gasteiger partial charge in [0, 0.05) is 11.8 Å². The minimum Gasteiger partial charge on any atom is -0.494 e. The van der Waals surface area contributed by atoms with Crippen LogP contribution in [0.1, 0.15) is 35.8 Å². The second kappa shape index (κ2) is 6.69. The highest BCUT2D eigenvalue weighted by Crippen LogP contribution is 2.15. The van der Waals surface area contributed by atoms with Gasteiger partial charge in [-0.15, -0.1) is 0 Å². The van der Waals surface area contributed by atoms with Crippen LogP contribution in [0.3, 0.4) is 0 Å². The number of carbonyl (C=O) groups is 1. The summed E-state index contributed by atoms with van der Waals surface area (Å²) in [6.07, 6.45) is 3.76. The molecular formula is C16H17NO2. The van der Waals surface area contributed by atoms with Crippen molar-refractivity contribution in [2.24, 2.45) is 0 Å². The highest BCUT2D eigenvalue weighted by molar-refractivity contribution is 6.07. The zero-order chi connectivity index (χ0) is 13.5. The lowest BCUT2D eigenvalue weighted by atomic mass is 10.1. The fraction of sp³-hybridized carbons (Fsp3) is 0.250. The van der Waals surface area contributed by atoms with Gasteiger partial charge in [-0.25, -0.2) is 0 Å². The SMILES string of the molecule is CCCCOc1ccc(C(=O)c2ccccn2)cc1. The van der Waals surface area contributed by atoms with Gasteiger partial charge in [-0.3, -0.25) is 9.78 Å². The first-order valence-corrected chi connectivity index (χ1v) is 6.50. The van der Waals surface area contributed by atoms with E-state index in [9.17, 15) is 4.79 Å². The van der Waals surface area contributed by atoms with E-state index in [-0.39, 0.29) is 5.78 Å². The number of hydrogen-bond acceptors (Lipinski definition) is 3. The first kappa shape index (κ1) is 13.3. The molecule has 0 radical (unpaired) electrons. The van der Waals surface area contributed by atoms with Crippen molar-refractivity contribution in [3.8, 4) is 5.75 Å². The predicted molar refractivity (Wildman–Crippen MR) is 74.5 cm³/mol. The van der Waals surface area contributed by atoms with E-state index in [1.807, 2.05) is 18.2 Å². The Morgan fingerprint density at radius 1 is 1.16 bits per heavy atom. The topological polar surface area (TPSA) is 39.2 Å². The normalized spacial score (nSPS) is 10.2. The van der Waals surface area contributed by atoms with Crippen molar-refractivity contribution in [1.29, 1.82) is 0 Å². The number of ketones is 1. The molecule has 0 amide bonds. The fourth-order valence-electron chi connectivity index (χ4n) is 1.68. The van der Waals surface area contributed by atoms with Crippen LogP contribution in [0.5, 0.6) is 5.75 Å². The van der Waals surface area contributed by atoms with Gasteiger partial charge in [-0.1, -0.05) is 19.4 Å². The number of rotatable bonds is 6. The summed E-state index contributed by atoms with van der Waals surface area (Å²) in [4.78, 5) is 16.2. The first-order valence-electron chi connectivity index (χ1n) is 6.50. The second-order valence-electron chi connectivity index (χ2n) is 4.27. The summed E-state index contributed by atoms with van der Waals surface area (Å²) in [5.41, 5.74) is 1.09. The van der Waals surface area contributed by atoms with Crippen molar-refractivity contribution < 1.29 is 9.53 Å². The van der Waals surface area contributed by atoms with E-state index < -0.39 is 0 Å². The smallest absolute Gasteiger partial charge is 0.211 e. The van der Waals surface area contributed by atoms with Crippen LogP contribution in [-0.4, -0.2) is 17.4 Å². The Balaban J connectivity index is 2.04. The van der Waals surface area contributed by atoms with Crippen molar-refractivity contribution in [2.45, 2.75) is 19.8 Å². The summed E-state index contributed by atoms with van der Waals surface area (Å²) in [6, 6.07) is 12.5. The van der Waals surface area contributed by atoms with Gasteiger partial charge in [0.1, 0.15) is 11.4 Å². The molecule has 2 rings (SSSR count). The van der Waals surface area contributed by atoms with E-state index in [1.54, 1.807) is 30.5 Å². The van der Waals surface area contributed by atoms with E-state index in [1.165, 1.54) is 0 Å². The summed E-state index contributed by atoms with van der Waals surface area (Å²) in [6.45, 7) is 2.84. The molecule has 0 aliphatic rings. The summed E-state index contributed by atoms with van der Waals surface area (Å²) in [5.74, 6) is 0.728. The number of carbonyl (C=O) groups excluding carboxylic acids is 1. The van der Waals surface area contributed by atoms with E-state index in [4.69, 9.17) is 4.74 Å². The molecular weight excluding hydrogens is 238 g/mol. The number of hydrogen-bond donors (Lipinski definition) is 0. The van der Waals surface area contributed by atoms with Crippen LogP contribution < -0.4 is 4.74 Å². The summed E-state index contributed by atoms with van der Waals surface area (Å²) in [7, 11) is 0. The average molecular weight is 255 g/mol. The van der Waals surface area contributed by atoms with Crippen LogP contribution in [0.15, 0.2) is 48.7 Å². The van der Waals surface area contributed by atoms with Gasteiger partial charge in [-0.2, -0.15) is 0 Å². The first-order chi connectivity index (χ1) is 9.31. The minimum absolute atomic E-state index is 0.0688. The third-order valence-electron chi connectivity index (χ3n) is 2.78. The van der Waals surface area contributed by atoms with Crippen LogP contribution in [-0.2, 0) is 0 Å². The number of nitrogens with zero attached hydrogens (tertiary/aromatic N) is 1. The van der Waals surface area contributed by atoms with Crippen molar-refractivity contribution >= 4 is 5.78 Å². The summed E-state index contributed by atoms with van der Waals surface area (Å²) < 4.78 is 5.56. The highest BCUT2D eigenvalue weighted by Gasteiger charge is 2.09. The van der Waals surface area contributed by atoms with Gasteiger partial charge < -0.3 is 4.74 Å². The quantitative estimate of drug-likeness (QED) is 0.586.